The zero-order chi connectivity index (χ0) is 13.6. The Morgan fingerprint density at radius 2 is 2.00 bits per heavy atom. The van der Waals surface area contributed by atoms with Crippen molar-refractivity contribution in [3.05, 3.63) is 36.0 Å². The van der Waals surface area contributed by atoms with Crippen LogP contribution in [0.3, 0.4) is 0 Å². The van der Waals surface area contributed by atoms with Gasteiger partial charge in [0.15, 0.2) is 0 Å². The van der Waals surface area contributed by atoms with Crippen molar-refractivity contribution in [1.82, 2.24) is 9.47 Å². The fourth-order valence-electron chi connectivity index (χ4n) is 3.43. The molecular weight excluding hydrogens is 236 g/mol. The van der Waals surface area contributed by atoms with Crippen molar-refractivity contribution in [3.8, 4) is 0 Å². The van der Waals surface area contributed by atoms with Crippen LogP contribution >= 0.6 is 0 Å². The zero-order valence-corrected chi connectivity index (χ0v) is 11.9. The molecule has 102 valence electrons. The van der Waals surface area contributed by atoms with Gasteiger partial charge in [-0.2, -0.15) is 0 Å². The molecule has 1 aliphatic carbocycles. The van der Waals surface area contributed by atoms with Crippen LogP contribution in [0.4, 0.5) is 0 Å². The number of aliphatic hydroxyl groups excluding tert-OH is 1. The molecule has 1 aliphatic rings. The van der Waals surface area contributed by atoms with E-state index in [-0.39, 0.29) is 12.0 Å². The molecule has 1 aromatic heterocycles. The lowest BCUT2D eigenvalue weighted by atomic mass is 9.89. The number of para-hydroxylation sites is 1. The van der Waals surface area contributed by atoms with Crippen LogP contribution in [-0.4, -0.2) is 35.3 Å². The molecule has 0 amide bonds. The molecule has 3 rings (SSSR count). The summed E-state index contributed by atoms with van der Waals surface area (Å²) in [5.41, 5.74) is 2.67. The number of fused-ring (bicyclic) bond motifs is 1. The predicted octanol–water partition coefficient (Wildman–Crippen LogP) is 2.55. The second kappa shape index (κ2) is 4.36. The van der Waals surface area contributed by atoms with E-state index in [0.29, 0.717) is 6.04 Å². The van der Waals surface area contributed by atoms with Crippen LogP contribution in [-0.2, 0) is 7.05 Å². The molecule has 0 spiro atoms. The van der Waals surface area contributed by atoms with Gasteiger partial charge in [0.25, 0.3) is 0 Å². The standard InChI is InChI=1S/C16H22N2O/c1-17(2)15(16(11-19)8-9-16)13-10-18(3)14-7-5-4-6-12(13)14/h4-7,10,15,19H,8-9,11H2,1-3H3. The molecule has 3 nitrogen and oxygen atoms in total. The summed E-state index contributed by atoms with van der Waals surface area (Å²) >= 11 is 0. The number of rotatable bonds is 4. The van der Waals surface area contributed by atoms with Gasteiger partial charge >= 0.3 is 0 Å². The number of benzene rings is 1. The first-order valence-electron chi connectivity index (χ1n) is 6.90. The third kappa shape index (κ3) is 1.88. The summed E-state index contributed by atoms with van der Waals surface area (Å²) in [6.07, 6.45) is 4.47. The monoisotopic (exact) mass is 258 g/mol. The van der Waals surface area contributed by atoms with E-state index in [9.17, 15) is 5.11 Å². The van der Waals surface area contributed by atoms with Crippen LogP contribution in [0.5, 0.6) is 0 Å². The molecule has 1 atom stereocenters. The van der Waals surface area contributed by atoms with Gasteiger partial charge in [-0.1, -0.05) is 18.2 Å². The summed E-state index contributed by atoms with van der Waals surface area (Å²) in [4.78, 5) is 2.25. The van der Waals surface area contributed by atoms with Crippen LogP contribution in [0.1, 0.15) is 24.4 Å². The maximum Gasteiger partial charge on any atom is 0.0505 e. The first kappa shape index (κ1) is 12.7. The molecule has 0 bridgehead atoms. The number of aliphatic hydroxyl groups is 1. The van der Waals surface area contributed by atoms with E-state index in [1.54, 1.807) is 0 Å². The molecule has 2 aromatic rings. The van der Waals surface area contributed by atoms with E-state index in [1.165, 1.54) is 16.5 Å². The highest BCUT2D eigenvalue weighted by molar-refractivity contribution is 5.84. The maximum absolute atomic E-state index is 9.78. The lowest BCUT2D eigenvalue weighted by Crippen LogP contribution is -2.30. The summed E-state index contributed by atoms with van der Waals surface area (Å²) in [7, 11) is 6.32. The molecule has 1 unspecified atom stereocenters. The van der Waals surface area contributed by atoms with Crippen molar-refractivity contribution in [3.63, 3.8) is 0 Å². The van der Waals surface area contributed by atoms with E-state index in [0.717, 1.165) is 12.8 Å². The third-order valence-electron chi connectivity index (χ3n) is 4.53. The van der Waals surface area contributed by atoms with Crippen molar-refractivity contribution in [2.24, 2.45) is 12.5 Å². The van der Waals surface area contributed by atoms with E-state index in [2.05, 4.69) is 61.1 Å². The molecule has 1 fully saturated rings. The average Bonchev–Trinajstić information content (AvgIpc) is 3.11. The summed E-state index contributed by atoms with van der Waals surface area (Å²) in [6, 6.07) is 8.81. The molecule has 3 heteroatoms. The Morgan fingerprint density at radius 3 is 2.58 bits per heavy atom. The molecule has 1 saturated carbocycles. The summed E-state index contributed by atoms with van der Waals surface area (Å²) in [5.74, 6) is 0. The number of hydrogen-bond acceptors (Lipinski definition) is 2. The molecule has 0 saturated heterocycles. The second-order valence-corrected chi connectivity index (χ2v) is 6.10. The number of hydrogen-bond donors (Lipinski definition) is 1. The van der Waals surface area contributed by atoms with Gasteiger partial charge < -0.3 is 14.6 Å². The van der Waals surface area contributed by atoms with Gasteiger partial charge in [0, 0.05) is 35.6 Å². The maximum atomic E-state index is 9.78. The molecule has 1 N–H and O–H groups in total. The highest BCUT2D eigenvalue weighted by atomic mass is 16.3. The van der Waals surface area contributed by atoms with Crippen LogP contribution in [0, 0.1) is 5.41 Å². The van der Waals surface area contributed by atoms with Crippen molar-refractivity contribution < 1.29 is 5.11 Å². The summed E-state index contributed by atoms with van der Waals surface area (Å²) < 4.78 is 2.19. The first-order chi connectivity index (χ1) is 9.09. The Bertz CT molecular complexity index is 596. The van der Waals surface area contributed by atoms with E-state index in [4.69, 9.17) is 0 Å². The summed E-state index contributed by atoms with van der Waals surface area (Å²) in [5, 5.41) is 11.1. The normalized spacial score (nSPS) is 19.0. The molecule has 19 heavy (non-hydrogen) atoms. The fraction of sp³-hybridized carbons (Fsp3) is 0.500. The van der Waals surface area contributed by atoms with E-state index < -0.39 is 0 Å². The lowest BCUT2D eigenvalue weighted by Gasteiger charge is -2.31. The van der Waals surface area contributed by atoms with Gasteiger partial charge in [-0.3, -0.25) is 0 Å². The Kier molecular flexibility index (Phi) is 2.91. The van der Waals surface area contributed by atoms with Gasteiger partial charge in [-0.25, -0.2) is 0 Å². The van der Waals surface area contributed by atoms with Crippen LogP contribution in [0.15, 0.2) is 30.5 Å². The smallest absolute Gasteiger partial charge is 0.0505 e. The minimum absolute atomic E-state index is 0.0631. The predicted molar refractivity (Wildman–Crippen MR) is 78.1 cm³/mol. The van der Waals surface area contributed by atoms with Crippen molar-refractivity contribution >= 4 is 10.9 Å². The Hall–Kier alpha value is -1.32. The van der Waals surface area contributed by atoms with Crippen molar-refractivity contribution in [2.45, 2.75) is 18.9 Å². The van der Waals surface area contributed by atoms with E-state index in [1.807, 2.05) is 0 Å². The fourth-order valence-corrected chi connectivity index (χ4v) is 3.43. The summed E-state index contributed by atoms with van der Waals surface area (Å²) in [6.45, 7) is 0.277. The van der Waals surface area contributed by atoms with Crippen LogP contribution < -0.4 is 0 Å². The molecule has 1 heterocycles. The van der Waals surface area contributed by atoms with E-state index >= 15 is 0 Å². The Balaban J connectivity index is 2.16. The SMILES string of the molecule is CN(C)C(c1cn(C)c2ccccc12)C1(CO)CC1. The van der Waals surface area contributed by atoms with Crippen molar-refractivity contribution in [1.29, 1.82) is 0 Å². The number of nitrogens with zero attached hydrogens (tertiary/aromatic N) is 2. The minimum atomic E-state index is 0.0631. The zero-order valence-electron chi connectivity index (χ0n) is 11.9. The largest absolute Gasteiger partial charge is 0.396 e. The van der Waals surface area contributed by atoms with Gasteiger partial charge in [0.05, 0.1) is 6.61 Å². The molecular formula is C16H22N2O. The van der Waals surface area contributed by atoms with Gasteiger partial charge in [0.1, 0.15) is 0 Å². The van der Waals surface area contributed by atoms with Crippen LogP contribution in [0.2, 0.25) is 0 Å². The quantitative estimate of drug-likeness (QED) is 0.913. The minimum Gasteiger partial charge on any atom is -0.396 e. The third-order valence-corrected chi connectivity index (χ3v) is 4.53. The highest BCUT2D eigenvalue weighted by Crippen LogP contribution is 2.57. The first-order valence-corrected chi connectivity index (χ1v) is 6.90. The number of aryl methyl sites for hydroxylation is 1. The lowest BCUT2D eigenvalue weighted by molar-refractivity contribution is 0.116. The molecule has 0 aliphatic heterocycles. The van der Waals surface area contributed by atoms with Crippen molar-refractivity contribution in [2.75, 3.05) is 20.7 Å². The molecule has 1 aromatic carbocycles. The van der Waals surface area contributed by atoms with Gasteiger partial charge in [-0.05, 0) is 38.6 Å². The highest BCUT2D eigenvalue weighted by Gasteiger charge is 2.51. The topological polar surface area (TPSA) is 28.4 Å². The second-order valence-electron chi connectivity index (χ2n) is 6.10. The average molecular weight is 258 g/mol. The Labute approximate surface area is 114 Å². The Morgan fingerprint density at radius 1 is 1.32 bits per heavy atom. The van der Waals surface area contributed by atoms with Crippen LogP contribution in [0.25, 0.3) is 10.9 Å². The van der Waals surface area contributed by atoms with Gasteiger partial charge in [-0.15, -0.1) is 0 Å². The number of aromatic nitrogens is 1. The molecule has 0 radical (unpaired) electrons. The van der Waals surface area contributed by atoms with Gasteiger partial charge in [0.2, 0.25) is 0 Å².